The van der Waals surface area contributed by atoms with Crippen LogP contribution in [0.1, 0.15) is 29.0 Å². The zero-order valence-corrected chi connectivity index (χ0v) is 10.1. The van der Waals surface area contributed by atoms with Crippen LogP contribution in [0.25, 0.3) is 0 Å². The number of carbonyl (C=O) groups is 1. The van der Waals surface area contributed by atoms with Crippen LogP contribution in [0, 0.1) is 0 Å². The second-order valence-corrected chi connectivity index (χ2v) is 4.38. The zero-order chi connectivity index (χ0) is 12.3. The molecule has 88 valence electrons. The molecule has 1 unspecified atom stereocenters. The van der Waals surface area contributed by atoms with Crippen LogP contribution < -0.4 is 5.32 Å². The lowest BCUT2D eigenvalue weighted by Crippen LogP contribution is -2.26. The fourth-order valence-corrected chi connectivity index (χ4v) is 2.00. The highest BCUT2D eigenvalue weighted by molar-refractivity contribution is 7.07. The number of nitrogens with zero attached hydrogens (tertiary/aromatic N) is 1. The van der Waals surface area contributed by atoms with Gasteiger partial charge in [0.1, 0.15) is 11.4 Å². The van der Waals surface area contributed by atoms with Crippen LogP contribution >= 0.6 is 11.3 Å². The number of carbonyl (C=O) groups excluding carboxylic acids is 1. The first-order valence-corrected chi connectivity index (χ1v) is 6.09. The van der Waals surface area contributed by atoms with E-state index in [1.807, 2.05) is 13.0 Å². The number of amides is 1. The summed E-state index contributed by atoms with van der Waals surface area (Å²) in [5, 5.41) is 13.9. The van der Waals surface area contributed by atoms with Crippen molar-refractivity contribution in [2.24, 2.45) is 0 Å². The maximum atomic E-state index is 11.7. The minimum absolute atomic E-state index is 0.170. The van der Waals surface area contributed by atoms with E-state index in [4.69, 9.17) is 0 Å². The second-order valence-electron chi connectivity index (χ2n) is 3.66. The van der Waals surface area contributed by atoms with Crippen LogP contribution in [0.3, 0.4) is 0 Å². The Labute approximate surface area is 103 Å². The third-order valence-corrected chi connectivity index (χ3v) is 2.97. The van der Waals surface area contributed by atoms with E-state index in [0.29, 0.717) is 5.69 Å². The number of rotatable bonds is 3. The SMILES string of the molecule is CC(NC(=O)c1cscn1)c1cccc(O)c1. The summed E-state index contributed by atoms with van der Waals surface area (Å²) in [6, 6.07) is 6.66. The van der Waals surface area contributed by atoms with Gasteiger partial charge in [-0.2, -0.15) is 0 Å². The van der Waals surface area contributed by atoms with E-state index in [1.54, 1.807) is 29.1 Å². The summed E-state index contributed by atoms with van der Waals surface area (Å²) in [5.41, 5.74) is 2.89. The number of hydrogen-bond acceptors (Lipinski definition) is 4. The molecule has 0 aliphatic heterocycles. The average molecular weight is 248 g/mol. The topological polar surface area (TPSA) is 62.2 Å². The van der Waals surface area contributed by atoms with Crippen molar-refractivity contribution in [2.75, 3.05) is 0 Å². The molecule has 1 amide bonds. The van der Waals surface area contributed by atoms with Crippen LogP contribution in [0.15, 0.2) is 35.2 Å². The molecule has 0 saturated heterocycles. The number of benzene rings is 1. The van der Waals surface area contributed by atoms with Gasteiger partial charge < -0.3 is 10.4 Å². The Bertz CT molecular complexity index is 511. The van der Waals surface area contributed by atoms with Crippen molar-refractivity contribution in [3.05, 3.63) is 46.4 Å². The van der Waals surface area contributed by atoms with Crippen LogP contribution in [-0.2, 0) is 0 Å². The number of hydrogen-bond donors (Lipinski definition) is 2. The molecule has 1 aromatic carbocycles. The van der Waals surface area contributed by atoms with E-state index in [-0.39, 0.29) is 17.7 Å². The van der Waals surface area contributed by atoms with Crippen LogP contribution in [-0.4, -0.2) is 16.0 Å². The van der Waals surface area contributed by atoms with Crippen LogP contribution in [0.5, 0.6) is 5.75 Å². The molecular formula is C12H12N2O2S. The van der Waals surface area contributed by atoms with Gasteiger partial charge in [-0.05, 0) is 24.6 Å². The minimum Gasteiger partial charge on any atom is -0.508 e. The van der Waals surface area contributed by atoms with Crippen molar-refractivity contribution in [1.82, 2.24) is 10.3 Å². The summed E-state index contributed by atoms with van der Waals surface area (Å²) in [7, 11) is 0. The molecule has 4 nitrogen and oxygen atoms in total. The molecule has 0 saturated carbocycles. The normalized spacial score (nSPS) is 12.1. The van der Waals surface area contributed by atoms with Gasteiger partial charge in [0.15, 0.2) is 0 Å². The number of aromatic nitrogens is 1. The largest absolute Gasteiger partial charge is 0.508 e. The molecule has 0 fully saturated rings. The van der Waals surface area contributed by atoms with Crippen molar-refractivity contribution in [3.8, 4) is 5.75 Å². The van der Waals surface area contributed by atoms with Gasteiger partial charge in [0.25, 0.3) is 5.91 Å². The number of nitrogens with one attached hydrogen (secondary N) is 1. The van der Waals surface area contributed by atoms with E-state index in [1.165, 1.54) is 11.3 Å². The summed E-state index contributed by atoms with van der Waals surface area (Å²) < 4.78 is 0. The van der Waals surface area contributed by atoms with Crippen molar-refractivity contribution in [2.45, 2.75) is 13.0 Å². The number of phenolic OH excluding ortho intramolecular Hbond substituents is 1. The van der Waals surface area contributed by atoms with E-state index in [2.05, 4.69) is 10.3 Å². The first-order chi connectivity index (χ1) is 8.16. The molecule has 2 rings (SSSR count). The number of phenols is 1. The Morgan fingerprint density at radius 1 is 1.53 bits per heavy atom. The molecular weight excluding hydrogens is 236 g/mol. The Hall–Kier alpha value is -1.88. The van der Waals surface area contributed by atoms with Crippen molar-refractivity contribution in [1.29, 1.82) is 0 Å². The fourth-order valence-electron chi connectivity index (χ4n) is 1.47. The summed E-state index contributed by atoms with van der Waals surface area (Å²) in [4.78, 5) is 15.7. The first-order valence-electron chi connectivity index (χ1n) is 5.15. The van der Waals surface area contributed by atoms with E-state index >= 15 is 0 Å². The van der Waals surface area contributed by atoms with Gasteiger partial charge in [0, 0.05) is 5.38 Å². The molecule has 0 radical (unpaired) electrons. The van der Waals surface area contributed by atoms with Crippen molar-refractivity contribution >= 4 is 17.2 Å². The molecule has 0 spiro atoms. The van der Waals surface area contributed by atoms with E-state index in [9.17, 15) is 9.90 Å². The van der Waals surface area contributed by atoms with Crippen LogP contribution in [0.2, 0.25) is 0 Å². The molecule has 1 heterocycles. The van der Waals surface area contributed by atoms with Gasteiger partial charge in [-0.25, -0.2) is 4.98 Å². The van der Waals surface area contributed by atoms with E-state index < -0.39 is 0 Å². The van der Waals surface area contributed by atoms with E-state index in [0.717, 1.165) is 5.56 Å². The number of aromatic hydroxyl groups is 1. The first kappa shape index (κ1) is 11.6. The van der Waals surface area contributed by atoms with Gasteiger partial charge in [-0.15, -0.1) is 11.3 Å². The minimum atomic E-state index is -0.206. The monoisotopic (exact) mass is 248 g/mol. The molecule has 2 N–H and O–H groups in total. The maximum Gasteiger partial charge on any atom is 0.271 e. The van der Waals surface area contributed by atoms with Gasteiger partial charge >= 0.3 is 0 Å². The molecule has 2 aromatic rings. The Balaban J connectivity index is 2.07. The number of thiazole rings is 1. The maximum absolute atomic E-state index is 11.7. The lowest BCUT2D eigenvalue weighted by molar-refractivity contribution is 0.0935. The Morgan fingerprint density at radius 3 is 3.00 bits per heavy atom. The smallest absolute Gasteiger partial charge is 0.271 e. The standard InChI is InChI=1S/C12H12N2O2S/c1-8(9-3-2-4-10(15)5-9)14-12(16)11-6-17-7-13-11/h2-8,15H,1H3,(H,14,16). The van der Waals surface area contributed by atoms with Gasteiger partial charge in [0.2, 0.25) is 0 Å². The fraction of sp³-hybridized carbons (Fsp3) is 0.167. The highest BCUT2D eigenvalue weighted by atomic mass is 32.1. The summed E-state index contributed by atoms with van der Waals surface area (Å²) in [6.07, 6.45) is 0. The average Bonchev–Trinajstić information content (AvgIpc) is 2.82. The highest BCUT2D eigenvalue weighted by Gasteiger charge is 2.12. The molecule has 17 heavy (non-hydrogen) atoms. The Kier molecular flexibility index (Phi) is 3.39. The predicted molar refractivity (Wildman–Crippen MR) is 66.1 cm³/mol. The van der Waals surface area contributed by atoms with Gasteiger partial charge in [0.05, 0.1) is 11.6 Å². The predicted octanol–water partition coefficient (Wildman–Crippen LogP) is 2.34. The zero-order valence-electron chi connectivity index (χ0n) is 9.25. The quantitative estimate of drug-likeness (QED) is 0.876. The highest BCUT2D eigenvalue weighted by Crippen LogP contribution is 2.18. The summed E-state index contributed by atoms with van der Waals surface area (Å²) in [5.74, 6) is -0.0145. The van der Waals surface area contributed by atoms with Crippen molar-refractivity contribution in [3.63, 3.8) is 0 Å². The Morgan fingerprint density at radius 2 is 2.35 bits per heavy atom. The van der Waals surface area contributed by atoms with Gasteiger partial charge in [-0.1, -0.05) is 12.1 Å². The molecule has 1 atom stereocenters. The molecule has 0 bridgehead atoms. The van der Waals surface area contributed by atoms with Gasteiger partial charge in [-0.3, -0.25) is 4.79 Å². The molecule has 0 aliphatic rings. The molecule has 5 heteroatoms. The molecule has 1 aromatic heterocycles. The van der Waals surface area contributed by atoms with Crippen molar-refractivity contribution < 1.29 is 9.90 Å². The molecule has 0 aliphatic carbocycles. The summed E-state index contributed by atoms with van der Waals surface area (Å²) in [6.45, 7) is 1.86. The lowest BCUT2D eigenvalue weighted by Gasteiger charge is -2.13. The third-order valence-electron chi connectivity index (χ3n) is 2.38. The van der Waals surface area contributed by atoms with Crippen LogP contribution in [0.4, 0.5) is 0 Å². The summed E-state index contributed by atoms with van der Waals surface area (Å²) >= 11 is 1.38. The second kappa shape index (κ2) is 4.97. The lowest BCUT2D eigenvalue weighted by atomic mass is 10.1. The third kappa shape index (κ3) is 2.82.